The second kappa shape index (κ2) is 4.39. The first-order chi connectivity index (χ1) is 6.86. The van der Waals surface area contributed by atoms with Crippen molar-refractivity contribution in [2.75, 3.05) is 19.7 Å². The zero-order valence-corrected chi connectivity index (χ0v) is 7.95. The molecule has 0 bridgehead atoms. The Labute approximate surface area is 82.6 Å². The van der Waals surface area contributed by atoms with Gasteiger partial charge in [-0.05, 0) is 25.1 Å². The largest absolute Gasteiger partial charge is 0.369 e. The summed E-state index contributed by atoms with van der Waals surface area (Å²) in [7, 11) is 0. The minimum Gasteiger partial charge on any atom is -0.369 e. The Morgan fingerprint density at radius 2 is 2.57 bits per heavy atom. The molecular formula is C10H14N2O2. The molecule has 0 spiro atoms. The van der Waals surface area contributed by atoms with E-state index < -0.39 is 0 Å². The number of nitrogens with one attached hydrogen (secondary N) is 2. The number of aromatic nitrogens is 1. The van der Waals surface area contributed by atoms with E-state index in [4.69, 9.17) is 4.74 Å². The van der Waals surface area contributed by atoms with Crippen molar-refractivity contribution in [3.8, 4) is 0 Å². The fourth-order valence-electron chi connectivity index (χ4n) is 1.55. The van der Waals surface area contributed by atoms with Crippen LogP contribution in [0.25, 0.3) is 0 Å². The number of hydrogen-bond acceptors (Lipinski definition) is 3. The van der Waals surface area contributed by atoms with E-state index in [1.165, 1.54) is 0 Å². The number of rotatable bonds is 4. The van der Waals surface area contributed by atoms with Crippen LogP contribution < -0.4 is 5.32 Å². The quantitative estimate of drug-likeness (QED) is 0.689. The molecule has 2 heterocycles. The van der Waals surface area contributed by atoms with Gasteiger partial charge in [0.1, 0.15) is 6.61 Å². The summed E-state index contributed by atoms with van der Waals surface area (Å²) in [6, 6.07) is 3.57. The SMILES string of the molecule is O=C(COC1CCNC1)c1ccc[nH]1. The Morgan fingerprint density at radius 3 is 3.21 bits per heavy atom. The lowest BCUT2D eigenvalue weighted by molar-refractivity contribution is 0.0526. The minimum atomic E-state index is 0.0156. The molecule has 0 radical (unpaired) electrons. The lowest BCUT2D eigenvalue weighted by Crippen LogP contribution is -2.21. The molecule has 0 saturated carbocycles. The van der Waals surface area contributed by atoms with Crippen LogP contribution in [0.15, 0.2) is 18.3 Å². The smallest absolute Gasteiger partial charge is 0.204 e. The van der Waals surface area contributed by atoms with Crippen molar-refractivity contribution in [2.24, 2.45) is 0 Å². The normalized spacial score (nSPS) is 21.3. The number of ketones is 1. The predicted molar refractivity (Wildman–Crippen MR) is 52.3 cm³/mol. The molecule has 76 valence electrons. The number of carbonyl (C=O) groups is 1. The highest BCUT2D eigenvalue weighted by molar-refractivity contribution is 5.95. The van der Waals surface area contributed by atoms with Crippen molar-refractivity contribution >= 4 is 5.78 Å². The number of ether oxygens (including phenoxy) is 1. The Kier molecular flexibility index (Phi) is 2.96. The summed E-state index contributed by atoms with van der Waals surface area (Å²) in [5, 5.41) is 3.19. The van der Waals surface area contributed by atoms with Crippen LogP contribution in [-0.2, 0) is 4.74 Å². The summed E-state index contributed by atoms with van der Waals surface area (Å²) in [6.07, 6.45) is 2.94. The summed E-state index contributed by atoms with van der Waals surface area (Å²) in [5.74, 6) is 0.0156. The second-order valence-electron chi connectivity index (χ2n) is 3.43. The maximum atomic E-state index is 11.5. The van der Waals surface area contributed by atoms with Crippen molar-refractivity contribution in [2.45, 2.75) is 12.5 Å². The molecule has 0 aromatic carbocycles. The van der Waals surface area contributed by atoms with Crippen molar-refractivity contribution in [3.63, 3.8) is 0 Å². The number of hydrogen-bond donors (Lipinski definition) is 2. The Balaban J connectivity index is 1.78. The van der Waals surface area contributed by atoms with E-state index >= 15 is 0 Å². The molecule has 1 unspecified atom stereocenters. The fraction of sp³-hybridized carbons (Fsp3) is 0.500. The van der Waals surface area contributed by atoms with E-state index in [-0.39, 0.29) is 18.5 Å². The van der Waals surface area contributed by atoms with Crippen LogP contribution in [0.5, 0.6) is 0 Å². The maximum absolute atomic E-state index is 11.5. The van der Waals surface area contributed by atoms with Gasteiger partial charge >= 0.3 is 0 Å². The number of Topliss-reactive ketones (excluding diaryl/α,β-unsaturated/α-hetero) is 1. The van der Waals surface area contributed by atoms with Crippen LogP contribution in [-0.4, -0.2) is 36.6 Å². The average Bonchev–Trinajstić information content (AvgIpc) is 2.87. The molecule has 14 heavy (non-hydrogen) atoms. The van der Waals surface area contributed by atoms with Crippen LogP contribution in [0.4, 0.5) is 0 Å². The van der Waals surface area contributed by atoms with Gasteiger partial charge in [0, 0.05) is 12.7 Å². The summed E-state index contributed by atoms with van der Waals surface area (Å²) >= 11 is 0. The molecule has 1 aliphatic rings. The number of aromatic amines is 1. The van der Waals surface area contributed by atoms with Gasteiger partial charge in [0.2, 0.25) is 5.78 Å². The molecule has 1 atom stereocenters. The van der Waals surface area contributed by atoms with Crippen molar-refractivity contribution < 1.29 is 9.53 Å². The molecular weight excluding hydrogens is 180 g/mol. The minimum absolute atomic E-state index is 0.0156. The van der Waals surface area contributed by atoms with Crippen molar-refractivity contribution in [3.05, 3.63) is 24.0 Å². The lowest BCUT2D eigenvalue weighted by Gasteiger charge is -2.08. The van der Waals surface area contributed by atoms with Gasteiger partial charge in [-0.3, -0.25) is 4.79 Å². The zero-order valence-electron chi connectivity index (χ0n) is 7.95. The highest BCUT2D eigenvalue weighted by atomic mass is 16.5. The standard InChI is InChI=1S/C10H14N2O2/c13-10(9-2-1-4-12-9)7-14-8-3-5-11-6-8/h1-2,4,8,11-12H,3,5-7H2. The Morgan fingerprint density at radius 1 is 1.64 bits per heavy atom. The molecule has 4 heteroatoms. The van der Waals surface area contributed by atoms with Gasteiger partial charge in [0.25, 0.3) is 0 Å². The predicted octanol–water partition coefficient (Wildman–Crippen LogP) is 0.576. The second-order valence-corrected chi connectivity index (χ2v) is 3.43. The summed E-state index contributed by atoms with van der Waals surface area (Å²) in [5.41, 5.74) is 0.621. The highest BCUT2D eigenvalue weighted by Gasteiger charge is 2.16. The van der Waals surface area contributed by atoms with Gasteiger partial charge in [0.15, 0.2) is 0 Å². The molecule has 1 aromatic heterocycles. The monoisotopic (exact) mass is 194 g/mol. The molecule has 1 fully saturated rings. The fourth-order valence-corrected chi connectivity index (χ4v) is 1.55. The first-order valence-corrected chi connectivity index (χ1v) is 4.85. The van der Waals surface area contributed by atoms with Crippen molar-refractivity contribution in [1.29, 1.82) is 0 Å². The molecule has 2 rings (SSSR count). The third kappa shape index (κ3) is 2.21. The topological polar surface area (TPSA) is 54.1 Å². The third-order valence-electron chi connectivity index (χ3n) is 2.36. The van der Waals surface area contributed by atoms with E-state index in [1.807, 2.05) is 6.07 Å². The van der Waals surface area contributed by atoms with Crippen LogP contribution in [0.1, 0.15) is 16.9 Å². The average molecular weight is 194 g/mol. The van der Waals surface area contributed by atoms with Gasteiger partial charge in [-0.2, -0.15) is 0 Å². The van der Waals surface area contributed by atoms with Crippen molar-refractivity contribution in [1.82, 2.24) is 10.3 Å². The van der Waals surface area contributed by atoms with Gasteiger partial charge < -0.3 is 15.0 Å². The summed E-state index contributed by atoms with van der Waals surface area (Å²) in [6.45, 7) is 2.02. The lowest BCUT2D eigenvalue weighted by atomic mass is 10.3. The summed E-state index contributed by atoms with van der Waals surface area (Å²) < 4.78 is 5.46. The first-order valence-electron chi connectivity index (χ1n) is 4.85. The van der Waals surface area contributed by atoms with Crippen LogP contribution in [0, 0.1) is 0 Å². The maximum Gasteiger partial charge on any atom is 0.204 e. The van der Waals surface area contributed by atoms with E-state index in [1.54, 1.807) is 12.3 Å². The zero-order chi connectivity index (χ0) is 9.80. The molecule has 1 saturated heterocycles. The molecule has 2 N–H and O–H groups in total. The summed E-state index contributed by atoms with van der Waals surface area (Å²) in [4.78, 5) is 14.4. The molecule has 0 amide bonds. The Bertz CT molecular complexity index is 289. The van der Waals surface area contributed by atoms with Crippen LogP contribution in [0.3, 0.4) is 0 Å². The first kappa shape index (κ1) is 9.43. The third-order valence-corrected chi connectivity index (χ3v) is 2.36. The Hall–Kier alpha value is -1.13. The van der Waals surface area contributed by atoms with Gasteiger partial charge in [0.05, 0.1) is 11.8 Å². The molecule has 1 aliphatic heterocycles. The van der Waals surface area contributed by atoms with E-state index in [9.17, 15) is 4.79 Å². The molecule has 1 aromatic rings. The van der Waals surface area contributed by atoms with Gasteiger partial charge in [-0.1, -0.05) is 0 Å². The molecule has 0 aliphatic carbocycles. The molecule has 4 nitrogen and oxygen atoms in total. The van der Waals surface area contributed by atoms with Gasteiger partial charge in [-0.25, -0.2) is 0 Å². The highest BCUT2D eigenvalue weighted by Crippen LogP contribution is 2.04. The van der Waals surface area contributed by atoms with Crippen LogP contribution in [0.2, 0.25) is 0 Å². The van der Waals surface area contributed by atoms with E-state index in [0.717, 1.165) is 19.5 Å². The van der Waals surface area contributed by atoms with Crippen LogP contribution >= 0.6 is 0 Å². The van der Waals surface area contributed by atoms with E-state index in [2.05, 4.69) is 10.3 Å². The van der Waals surface area contributed by atoms with E-state index in [0.29, 0.717) is 5.69 Å². The van der Waals surface area contributed by atoms with Gasteiger partial charge in [-0.15, -0.1) is 0 Å². The number of carbonyl (C=O) groups excluding carboxylic acids is 1. The number of H-pyrrole nitrogens is 1.